The maximum Gasteiger partial charge on any atom is 0.250 e. The lowest BCUT2D eigenvalue weighted by Gasteiger charge is -2.10. The van der Waals surface area contributed by atoms with E-state index in [1.807, 2.05) is 26.8 Å². The van der Waals surface area contributed by atoms with Crippen molar-refractivity contribution in [3.8, 4) is 0 Å². The van der Waals surface area contributed by atoms with Crippen molar-refractivity contribution < 1.29 is 4.52 Å². The first-order valence-corrected chi connectivity index (χ1v) is 5.07. The third kappa shape index (κ3) is 2.36. The van der Waals surface area contributed by atoms with Gasteiger partial charge in [-0.1, -0.05) is 25.9 Å². The molecule has 0 spiro atoms. The number of H-pyrrole nitrogens is 1. The Morgan fingerprint density at radius 1 is 1.31 bits per heavy atom. The van der Waals surface area contributed by atoms with Gasteiger partial charge >= 0.3 is 0 Å². The normalized spacial score (nSPS) is 12.4. The molecule has 0 bridgehead atoms. The van der Waals surface area contributed by atoms with Gasteiger partial charge in [-0.05, 0) is 6.08 Å². The van der Waals surface area contributed by atoms with E-state index < -0.39 is 0 Å². The largest absolute Gasteiger partial charge is 0.335 e. The number of nitrogens with zero attached hydrogens (tertiary/aromatic N) is 3. The summed E-state index contributed by atoms with van der Waals surface area (Å²) in [6.07, 6.45) is 7.14. The zero-order valence-electron chi connectivity index (χ0n) is 9.56. The molecule has 0 aliphatic heterocycles. The molecular weight excluding hydrogens is 204 g/mol. The van der Waals surface area contributed by atoms with Gasteiger partial charge in [0.1, 0.15) is 0 Å². The Morgan fingerprint density at radius 2 is 2.12 bits per heavy atom. The summed E-state index contributed by atoms with van der Waals surface area (Å²) in [5.74, 6) is 1.21. The van der Waals surface area contributed by atoms with Crippen molar-refractivity contribution in [2.24, 2.45) is 0 Å². The molecule has 0 unspecified atom stereocenters. The van der Waals surface area contributed by atoms with Crippen LogP contribution in [0.4, 0.5) is 0 Å². The van der Waals surface area contributed by atoms with Crippen LogP contribution in [0.15, 0.2) is 16.9 Å². The quantitative estimate of drug-likeness (QED) is 0.839. The minimum atomic E-state index is -0.0920. The highest BCUT2D eigenvalue weighted by atomic mass is 16.5. The van der Waals surface area contributed by atoms with Crippen LogP contribution < -0.4 is 0 Å². The van der Waals surface area contributed by atoms with Crippen LogP contribution in [0.5, 0.6) is 0 Å². The van der Waals surface area contributed by atoms with Crippen molar-refractivity contribution >= 4 is 12.2 Å². The van der Waals surface area contributed by atoms with Gasteiger partial charge in [-0.15, -0.1) is 0 Å². The van der Waals surface area contributed by atoms with E-state index in [4.69, 9.17) is 4.52 Å². The van der Waals surface area contributed by atoms with Crippen LogP contribution in [-0.4, -0.2) is 20.3 Å². The summed E-state index contributed by atoms with van der Waals surface area (Å²) in [6.45, 7) is 6.13. The Kier molecular flexibility index (Phi) is 2.60. The molecule has 2 heterocycles. The lowest BCUT2D eigenvalue weighted by molar-refractivity contribution is 0.387. The number of rotatable bonds is 2. The third-order valence-corrected chi connectivity index (χ3v) is 2.05. The summed E-state index contributed by atoms with van der Waals surface area (Å²) in [6, 6.07) is 0. The van der Waals surface area contributed by atoms with Crippen molar-refractivity contribution in [1.29, 1.82) is 0 Å². The average Bonchev–Trinajstić information content (AvgIpc) is 2.85. The van der Waals surface area contributed by atoms with Crippen LogP contribution in [-0.2, 0) is 5.41 Å². The molecule has 84 valence electrons. The van der Waals surface area contributed by atoms with Gasteiger partial charge in [0.25, 0.3) is 5.89 Å². The number of aromatic amines is 1. The second kappa shape index (κ2) is 3.92. The highest BCUT2D eigenvalue weighted by Gasteiger charge is 2.19. The molecule has 5 nitrogen and oxygen atoms in total. The van der Waals surface area contributed by atoms with Crippen molar-refractivity contribution in [2.75, 3.05) is 0 Å². The summed E-state index contributed by atoms with van der Waals surface area (Å²) in [7, 11) is 0. The Morgan fingerprint density at radius 3 is 2.69 bits per heavy atom. The SMILES string of the molecule is CC(C)(C)c1noc(C=Cc2cn[nH]c2)n1. The van der Waals surface area contributed by atoms with Gasteiger partial charge in [-0.25, -0.2) is 0 Å². The molecule has 0 aliphatic rings. The summed E-state index contributed by atoms with van der Waals surface area (Å²) in [4.78, 5) is 4.29. The number of nitrogens with one attached hydrogen (secondary N) is 1. The zero-order chi connectivity index (χ0) is 11.6. The van der Waals surface area contributed by atoms with Gasteiger partial charge in [0.2, 0.25) is 0 Å². The van der Waals surface area contributed by atoms with Crippen LogP contribution in [0.1, 0.15) is 38.0 Å². The highest BCUT2D eigenvalue weighted by Crippen LogP contribution is 2.18. The van der Waals surface area contributed by atoms with Crippen LogP contribution in [0.3, 0.4) is 0 Å². The minimum Gasteiger partial charge on any atom is -0.335 e. The zero-order valence-corrected chi connectivity index (χ0v) is 9.56. The number of hydrogen-bond acceptors (Lipinski definition) is 4. The van der Waals surface area contributed by atoms with Crippen LogP contribution in [0, 0.1) is 0 Å². The molecule has 0 radical (unpaired) electrons. The van der Waals surface area contributed by atoms with Gasteiger partial charge < -0.3 is 4.52 Å². The van der Waals surface area contributed by atoms with Crippen molar-refractivity contribution in [2.45, 2.75) is 26.2 Å². The van der Waals surface area contributed by atoms with E-state index in [9.17, 15) is 0 Å². The summed E-state index contributed by atoms with van der Waals surface area (Å²) >= 11 is 0. The first kappa shape index (κ1) is 10.6. The summed E-state index contributed by atoms with van der Waals surface area (Å²) < 4.78 is 5.11. The molecule has 1 N–H and O–H groups in total. The standard InChI is InChI=1S/C11H14N4O/c1-11(2,3)10-14-9(16-15-10)5-4-8-6-12-13-7-8/h4-7H,1-3H3,(H,12,13). The molecule has 0 aromatic carbocycles. The molecule has 0 atom stereocenters. The topological polar surface area (TPSA) is 67.6 Å². The van der Waals surface area contributed by atoms with Crippen molar-refractivity contribution in [3.05, 3.63) is 29.7 Å². The molecule has 0 saturated heterocycles. The molecule has 16 heavy (non-hydrogen) atoms. The third-order valence-electron chi connectivity index (χ3n) is 2.05. The van der Waals surface area contributed by atoms with Gasteiger partial charge in [0, 0.05) is 23.3 Å². The van der Waals surface area contributed by atoms with Crippen LogP contribution in [0.25, 0.3) is 12.2 Å². The lowest BCUT2D eigenvalue weighted by atomic mass is 9.96. The van der Waals surface area contributed by atoms with E-state index >= 15 is 0 Å². The average molecular weight is 218 g/mol. The van der Waals surface area contributed by atoms with Crippen molar-refractivity contribution in [1.82, 2.24) is 20.3 Å². The monoisotopic (exact) mass is 218 g/mol. The molecule has 0 fully saturated rings. The number of hydrogen-bond donors (Lipinski definition) is 1. The Bertz CT molecular complexity index is 476. The van der Waals surface area contributed by atoms with E-state index in [2.05, 4.69) is 20.3 Å². The predicted octanol–water partition coefficient (Wildman–Crippen LogP) is 2.26. The van der Waals surface area contributed by atoms with Gasteiger partial charge in [0.05, 0.1) is 6.20 Å². The molecule has 5 heteroatoms. The second-order valence-corrected chi connectivity index (χ2v) is 4.57. The van der Waals surface area contributed by atoms with Gasteiger partial charge in [-0.3, -0.25) is 5.10 Å². The number of aromatic nitrogens is 4. The molecule has 0 amide bonds. The molecule has 2 rings (SSSR count). The Balaban J connectivity index is 2.15. The molecular formula is C11H14N4O. The molecule has 2 aromatic rings. The van der Waals surface area contributed by atoms with E-state index in [1.165, 1.54) is 0 Å². The first-order valence-electron chi connectivity index (χ1n) is 5.07. The molecule has 0 saturated carbocycles. The van der Waals surface area contributed by atoms with Crippen molar-refractivity contribution in [3.63, 3.8) is 0 Å². The fourth-order valence-electron chi connectivity index (χ4n) is 1.13. The van der Waals surface area contributed by atoms with E-state index in [0.717, 1.165) is 5.56 Å². The molecule has 0 aliphatic carbocycles. The van der Waals surface area contributed by atoms with E-state index in [-0.39, 0.29) is 5.41 Å². The fraction of sp³-hybridized carbons (Fsp3) is 0.364. The Labute approximate surface area is 93.6 Å². The minimum absolute atomic E-state index is 0.0920. The summed E-state index contributed by atoms with van der Waals surface area (Å²) in [5.41, 5.74) is 0.876. The maximum atomic E-state index is 5.11. The molecule has 2 aromatic heterocycles. The van der Waals surface area contributed by atoms with Crippen LogP contribution in [0.2, 0.25) is 0 Å². The highest BCUT2D eigenvalue weighted by molar-refractivity contribution is 5.64. The summed E-state index contributed by atoms with van der Waals surface area (Å²) in [5, 5.41) is 10.5. The smallest absolute Gasteiger partial charge is 0.250 e. The predicted molar refractivity (Wildman–Crippen MR) is 60.5 cm³/mol. The Hall–Kier alpha value is -1.91. The van der Waals surface area contributed by atoms with Crippen LogP contribution >= 0.6 is 0 Å². The van der Waals surface area contributed by atoms with Gasteiger partial charge in [-0.2, -0.15) is 10.1 Å². The van der Waals surface area contributed by atoms with E-state index in [0.29, 0.717) is 11.7 Å². The maximum absolute atomic E-state index is 5.11. The van der Waals surface area contributed by atoms with Gasteiger partial charge in [0.15, 0.2) is 5.82 Å². The fourth-order valence-corrected chi connectivity index (χ4v) is 1.13. The van der Waals surface area contributed by atoms with E-state index in [1.54, 1.807) is 18.5 Å². The lowest BCUT2D eigenvalue weighted by Crippen LogP contribution is -2.13. The first-order chi connectivity index (χ1) is 7.55. The second-order valence-electron chi connectivity index (χ2n) is 4.57.